The van der Waals surface area contributed by atoms with Crippen LogP contribution in [0.1, 0.15) is 19.4 Å². The number of rotatable bonds is 12. The van der Waals surface area contributed by atoms with Crippen molar-refractivity contribution >= 4 is 27.5 Å². The highest BCUT2D eigenvalue weighted by Crippen LogP contribution is 2.26. The van der Waals surface area contributed by atoms with Crippen LogP contribution in [-0.2, 0) is 26.0 Å². The molecule has 0 spiro atoms. The Morgan fingerprint density at radius 1 is 0.919 bits per heavy atom. The van der Waals surface area contributed by atoms with Gasteiger partial charge in [-0.3, -0.25) is 13.9 Å². The summed E-state index contributed by atoms with van der Waals surface area (Å²) in [4.78, 5) is 27.7. The third-order valence-electron chi connectivity index (χ3n) is 5.94. The van der Waals surface area contributed by atoms with Gasteiger partial charge in [-0.05, 0) is 62.2 Å². The van der Waals surface area contributed by atoms with E-state index in [1.165, 1.54) is 24.1 Å². The summed E-state index contributed by atoms with van der Waals surface area (Å²) >= 11 is 0. The molecule has 0 bridgehead atoms. The zero-order chi connectivity index (χ0) is 26.8. The van der Waals surface area contributed by atoms with Crippen molar-refractivity contribution in [3.63, 3.8) is 0 Å². The minimum atomic E-state index is -4.08. The Labute approximate surface area is 218 Å². The molecule has 37 heavy (non-hydrogen) atoms. The molecule has 0 aliphatic rings. The summed E-state index contributed by atoms with van der Waals surface area (Å²) in [5, 5.41) is 2.58. The van der Waals surface area contributed by atoms with Crippen LogP contribution in [0.25, 0.3) is 0 Å². The predicted octanol–water partition coefficient (Wildman–Crippen LogP) is 3.49. The number of nitrogens with zero attached hydrogens (tertiary/aromatic N) is 2. The van der Waals surface area contributed by atoms with E-state index in [1.807, 2.05) is 37.3 Å². The molecule has 0 heterocycles. The molecule has 1 atom stereocenters. The average molecular weight is 524 g/mol. The van der Waals surface area contributed by atoms with Crippen LogP contribution < -0.4 is 14.4 Å². The summed E-state index contributed by atoms with van der Waals surface area (Å²) in [6.07, 6.45) is 0.516. The van der Waals surface area contributed by atoms with Crippen molar-refractivity contribution in [2.75, 3.05) is 31.0 Å². The van der Waals surface area contributed by atoms with Crippen molar-refractivity contribution in [1.82, 2.24) is 10.2 Å². The zero-order valence-electron chi connectivity index (χ0n) is 21.3. The number of anilines is 1. The first-order chi connectivity index (χ1) is 17.8. The molecule has 1 N–H and O–H groups in total. The molecule has 0 saturated heterocycles. The molecule has 0 fully saturated rings. The lowest BCUT2D eigenvalue weighted by molar-refractivity contribution is -0.138. The molecule has 9 heteroatoms. The third kappa shape index (κ3) is 7.10. The van der Waals surface area contributed by atoms with Crippen LogP contribution in [0, 0.1) is 0 Å². The monoisotopic (exact) mass is 523 g/mol. The van der Waals surface area contributed by atoms with E-state index in [0.717, 1.165) is 9.87 Å². The van der Waals surface area contributed by atoms with E-state index in [9.17, 15) is 18.0 Å². The van der Waals surface area contributed by atoms with Gasteiger partial charge in [0.05, 0.1) is 17.2 Å². The molecule has 1 unspecified atom stereocenters. The van der Waals surface area contributed by atoms with Crippen molar-refractivity contribution in [2.24, 2.45) is 0 Å². The first kappa shape index (κ1) is 27.7. The molecule has 0 radical (unpaired) electrons. The molecule has 3 rings (SSSR count). The number of ether oxygens (including phenoxy) is 1. The lowest BCUT2D eigenvalue weighted by Gasteiger charge is -2.31. The van der Waals surface area contributed by atoms with Gasteiger partial charge in [-0.15, -0.1) is 0 Å². The second-order valence-corrected chi connectivity index (χ2v) is 10.2. The van der Waals surface area contributed by atoms with Crippen LogP contribution in [0.5, 0.6) is 5.75 Å². The average Bonchev–Trinajstić information content (AvgIpc) is 2.93. The minimum absolute atomic E-state index is 0.0619. The summed E-state index contributed by atoms with van der Waals surface area (Å²) in [5.74, 6) is -0.229. The second kappa shape index (κ2) is 12.9. The maximum absolute atomic E-state index is 13.7. The van der Waals surface area contributed by atoms with Gasteiger partial charge in [0.1, 0.15) is 18.3 Å². The van der Waals surface area contributed by atoms with E-state index in [1.54, 1.807) is 49.4 Å². The smallest absolute Gasteiger partial charge is 0.264 e. The largest absolute Gasteiger partial charge is 0.494 e. The maximum Gasteiger partial charge on any atom is 0.264 e. The minimum Gasteiger partial charge on any atom is -0.494 e. The van der Waals surface area contributed by atoms with Gasteiger partial charge in [0, 0.05) is 13.6 Å². The van der Waals surface area contributed by atoms with Crippen molar-refractivity contribution in [3.05, 3.63) is 90.5 Å². The van der Waals surface area contributed by atoms with Gasteiger partial charge in [-0.25, -0.2) is 8.42 Å². The molecule has 196 valence electrons. The number of nitrogens with one attached hydrogen (secondary N) is 1. The van der Waals surface area contributed by atoms with Gasteiger partial charge in [0.2, 0.25) is 11.8 Å². The number of sulfonamides is 1. The van der Waals surface area contributed by atoms with Gasteiger partial charge < -0.3 is 15.0 Å². The van der Waals surface area contributed by atoms with Gasteiger partial charge >= 0.3 is 0 Å². The van der Waals surface area contributed by atoms with Gasteiger partial charge in [0.25, 0.3) is 10.0 Å². The van der Waals surface area contributed by atoms with Crippen LogP contribution in [0.2, 0.25) is 0 Å². The number of carbonyl (C=O) groups is 2. The van der Waals surface area contributed by atoms with Crippen molar-refractivity contribution < 1.29 is 22.7 Å². The number of hydrogen-bond acceptors (Lipinski definition) is 5. The fourth-order valence-electron chi connectivity index (χ4n) is 3.90. The highest BCUT2D eigenvalue weighted by atomic mass is 32.2. The Balaban J connectivity index is 1.96. The molecular weight excluding hydrogens is 490 g/mol. The summed E-state index contributed by atoms with van der Waals surface area (Å²) in [5.41, 5.74) is 1.32. The summed E-state index contributed by atoms with van der Waals surface area (Å²) < 4.78 is 33.9. The summed E-state index contributed by atoms with van der Waals surface area (Å²) in [6.45, 7) is 3.74. The molecule has 0 aromatic heterocycles. The topological polar surface area (TPSA) is 96.0 Å². The standard InChI is InChI=1S/C28H33N3O5S/c1-4-36-25-17-15-24(16-18-25)31(37(34,35)26-13-9-6-10-14-26)21-27(32)30(22(2)28(33)29-3)20-19-23-11-7-5-8-12-23/h5-18,22H,4,19-21H2,1-3H3,(H,29,33). The van der Waals surface area contributed by atoms with Crippen molar-refractivity contribution in [1.29, 1.82) is 0 Å². The van der Waals surface area contributed by atoms with Crippen molar-refractivity contribution in [2.45, 2.75) is 31.2 Å². The van der Waals surface area contributed by atoms with Gasteiger partial charge in [-0.2, -0.15) is 0 Å². The van der Waals surface area contributed by atoms with E-state index in [4.69, 9.17) is 4.74 Å². The van der Waals surface area contributed by atoms with Crippen LogP contribution in [0.15, 0.2) is 89.8 Å². The molecule has 8 nitrogen and oxygen atoms in total. The Kier molecular flexibility index (Phi) is 9.68. The molecular formula is C28H33N3O5S. The highest BCUT2D eigenvalue weighted by Gasteiger charge is 2.32. The Morgan fingerprint density at radius 3 is 2.08 bits per heavy atom. The van der Waals surface area contributed by atoms with Gasteiger partial charge in [0.15, 0.2) is 0 Å². The Bertz CT molecular complexity index is 1270. The zero-order valence-corrected chi connectivity index (χ0v) is 22.1. The third-order valence-corrected chi connectivity index (χ3v) is 7.73. The highest BCUT2D eigenvalue weighted by molar-refractivity contribution is 7.92. The lowest BCUT2D eigenvalue weighted by Crippen LogP contribution is -2.51. The lowest BCUT2D eigenvalue weighted by atomic mass is 10.1. The number of amides is 2. The predicted molar refractivity (Wildman–Crippen MR) is 144 cm³/mol. The van der Waals surface area contributed by atoms with E-state index in [-0.39, 0.29) is 17.3 Å². The fourth-order valence-corrected chi connectivity index (χ4v) is 5.34. The fraction of sp³-hybridized carbons (Fsp3) is 0.286. The Hall–Kier alpha value is -3.85. The molecule has 0 aliphatic carbocycles. The maximum atomic E-state index is 13.7. The SMILES string of the molecule is CCOc1ccc(N(CC(=O)N(CCc2ccccc2)C(C)C(=O)NC)S(=O)(=O)c2ccccc2)cc1. The first-order valence-electron chi connectivity index (χ1n) is 12.1. The summed E-state index contributed by atoms with van der Waals surface area (Å²) in [7, 11) is -2.58. The number of carbonyl (C=O) groups excluding carboxylic acids is 2. The number of hydrogen-bond donors (Lipinski definition) is 1. The second-order valence-electron chi connectivity index (χ2n) is 8.36. The molecule has 3 aromatic carbocycles. The number of likely N-dealkylation sites (N-methyl/N-ethyl adjacent to an activating group) is 1. The Morgan fingerprint density at radius 2 is 1.51 bits per heavy atom. The van der Waals surface area contributed by atoms with Crippen LogP contribution in [0.3, 0.4) is 0 Å². The molecule has 2 amide bonds. The van der Waals surface area contributed by atoms with E-state index in [0.29, 0.717) is 24.5 Å². The van der Waals surface area contributed by atoms with E-state index in [2.05, 4.69) is 5.32 Å². The number of benzene rings is 3. The summed E-state index contributed by atoms with van der Waals surface area (Å²) in [6, 6.07) is 23.3. The molecule has 0 saturated carbocycles. The van der Waals surface area contributed by atoms with Crippen molar-refractivity contribution in [3.8, 4) is 5.75 Å². The van der Waals surface area contributed by atoms with E-state index >= 15 is 0 Å². The molecule has 3 aromatic rings. The normalized spacial score (nSPS) is 11.9. The van der Waals surface area contributed by atoms with Crippen LogP contribution >= 0.6 is 0 Å². The van der Waals surface area contributed by atoms with Crippen LogP contribution in [-0.4, -0.2) is 57.9 Å². The molecule has 0 aliphatic heterocycles. The van der Waals surface area contributed by atoms with Crippen LogP contribution in [0.4, 0.5) is 5.69 Å². The quantitative estimate of drug-likeness (QED) is 0.392. The van der Waals surface area contributed by atoms with Gasteiger partial charge in [-0.1, -0.05) is 48.5 Å². The first-order valence-corrected chi connectivity index (χ1v) is 13.6. The van der Waals surface area contributed by atoms with E-state index < -0.39 is 28.5 Å².